The van der Waals surface area contributed by atoms with Crippen LogP contribution in [0.1, 0.15) is 19.4 Å². The van der Waals surface area contributed by atoms with Crippen LogP contribution in [0.15, 0.2) is 30.3 Å². The van der Waals surface area contributed by atoms with Crippen LogP contribution in [0.4, 0.5) is 0 Å². The third kappa shape index (κ3) is 3.63. The molecule has 0 fully saturated rings. The smallest absolute Gasteiger partial charge is 0.342 e. The van der Waals surface area contributed by atoms with Crippen molar-refractivity contribution in [2.24, 2.45) is 0 Å². The second-order valence-corrected chi connectivity index (χ2v) is 6.05. The van der Waals surface area contributed by atoms with Crippen LogP contribution in [0, 0.1) is 0 Å². The summed E-state index contributed by atoms with van der Waals surface area (Å²) in [7, 11) is -5.12. The first-order valence-electron chi connectivity index (χ1n) is 6.65. The molecular weight excluding hydrogens is 312 g/mol. The van der Waals surface area contributed by atoms with Crippen LogP contribution >= 0.6 is 0 Å². The molecule has 8 heteroatoms. The Morgan fingerprint density at radius 3 is 1.86 bits per heavy atom. The van der Waals surface area contributed by atoms with Gasteiger partial charge in [-0.15, -0.1) is 0 Å². The highest BCUT2D eigenvalue weighted by atomic mass is 32.2. The summed E-state index contributed by atoms with van der Waals surface area (Å²) in [5.74, 6) is -2.72. The fourth-order valence-electron chi connectivity index (χ4n) is 1.91. The van der Waals surface area contributed by atoms with E-state index in [2.05, 4.69) is 0 Å². The Bertz CT molecular complexity index is 604. The highest BCUT2D eigenvalue weighted by Crippen LogP contribution is 2.26. The third-order valence-electron chi connectivity index (χ3n) is 2.95. The average Bonchev–Trinajstić information content (AvgIpc) is 2.44. The summed E-state index contributed by atoms with van der Waals surface area (Å²) >= 11 is 0. The predicted molar refractivity (Wildman–Crippen MR) is 77.7 cm³/mol. The molecular formula is C14H18O7S. The lowest BCUT2D eigenvalue weighted by molar-refractivity contribution is -0.159. The van der Waals surface area contributed by atoms with Gasteiger partial charge in [-0.3, -0.25) is 4.55 Å². The molecule has 0 aliphatic carbocycles. The second kappa shape index (κ2) is 7.37. The maximum atomic E-state index is 12.2. The van der Waals surface area contributed by atoms with Gasteiger partial charge >= 0.3 is 11.9 Å². The fourth-order valence-corrected chi connectivity index (χ4v) is 2.80. The molecule has 0 radical (unpaired) electrons. The first-order valence-corrected chi connectivity index (χ1v) is 8.09. The number of carbonyl (C=O) groups is 2. The monoisotopic (exact) mass is 330 g/mol. The van der Waals surface area contributed by atoms with E-state index in [1.165, 1.54) is 26.0 Å². The van der Waals surface area contributed by atoms with E-state index < -0.39 is 33.2 Å². The molecule has 0 spiro atoms. The molecule has 1 rings (SSSR count). The SMILES string of the molecule is CCOC(=O)C(Cc1ccccc1)(C(=O)OCC)S(=O)(=O)O. The minimum atomic E-state index is -5.12. The van der Waals surface area contributed by atoms with E-state index in [0.29, 0.717) is 5.56 Å². The largest absolute Gasteiger partial charge is 0.464 e. The van der Waals surface area contributed by atoms with E-state index >= 15 is 0 Å². The number of esters is 2. The molecule has 0 atom stereocenters. The van der Waals surface area contributed by atoms with Gasteiger partial charge in [-0.25, -0.2) is 9.59 Å². The number of ether oxygens (including phenoxy) is 2. The van der Waals surface area contributed by atoms with Gasteiger partial charge in [-0.2, -0.15) is 8.42 Å². The number of hydrogen-bond donors (Lipinski definition) is 1. The van der Waals surface area contributed by atoms with Gasteiger partial charge in [0.25, 0.3) is 14.9 Å². The number of benzene rings is 1. The van der Waals surface area contributed by atoms with Crippen molar-refractivity contribution >= 4 is 22.1 Å². The first kappa shape index (κ1) is 18.1. The number of hydrogen-bond acceptors (Lipinski definition) is 6. The van der Waals surface area contributed by atoms with Crippen LogP contribution in [0.3, 0.4) is 0 Å². The van der Waals surface area contributed by atoms with Crippen molar-refractivity contribution in [2.45, 2.75) is 25.0 Å². The molecule has 1 aromatic rings. The van der Waals surface area contributed by atoms with Crippen molar-refractivity contribution in [2.75, 3.05) is 13.2 Å². The zero-order valence-corrected chi connectivity index (χ0v) is 13.1. The summed E-state index contributed by atoms with van der Waals surface area (Å²) in [5, 5.41) is 0. The molecule has 0 amide bonds. The molecule has 0 saturated heterocycles. The Kier molecular flexibility index (Phi) is 6.07. The van der Waals surface area contributed by atoms with E-state index in [0.717, 1.165) is 0 Å². The van der Waals surface area contributed by atoms with Gasteiger partial charge in [0.1, 0.15) is 0 Å². The van der Waals surface area contributed by atoms with Crippen molar-refractivity contribution in [3.63, 3.8) is 0 Å². The summed E-state index contributed by atoms with van der Waals surface area (Å²) < 4.78 is 39.8. The Morgan fingerprint density at radius 1 is 1.05 bits per heavy atom. The molecule has 0 unspecified atom stereocenters. The van der Waals surface area contributed by atoms with Crippen LogP contribution < -0.4 is 0 Å². The number of rotatable bonds is 7. The van der Waals surface area contributed by atoms with Crippen LogP contribution in [0.5, 0.6) is 0 Å². The predicted octanol–water partition coefficient (Wildman–Crippen LogP) is 0.982. The van der Waals surface area contributed by atoms with Gasteiger partial charge in [0.15, 0.2) is 0 Å². The first-order chi connectivity index (χ1) is 10.3. The zero-order valence-electron chi connectivity index (χ0n) is 12.3. The lowest BCUT2D eigenvalue weighted by Crippen LogP contribution is -2.56. The van der Waals surface area contributed by atoms with E-state index in [1.54, 1.807) is 18.2 Å². The van der Waals surface area contributed by atoms with E-state index in [1.807, 2.05) is 0 Å². The van der Waals surface area contributed by atoms with Crippen molar-refractivity contribution < 1.29 is 32.0 Å². The van der Waals surface area contributed by atoms with Gasteiger partial charge in [0.2, 0.25) is 0 Å². The molecule has 1 N–H and O–H groups in total. The van der Waals surface area contributed by atoms with E-state index in [9.17, 15) is 22.6 Å². The highest BCUT2D eigenvalue weighted by Gasteiger charge is 2.60. The van der Waals surface area contributed by atoms with Crippen LogP contribution in [-0.4, -0.2) is 42.9 Å². The van der Waals surface area contributed by atoms with Crippen LogP contribution in [-0.2, 0) is 35.6 Å². The molecule has 1 aromatic carbocycles. The minimum absolute atomic E-state index is 0.149. The molecule has 122 valence electrons. The Hall–Kier alpha value is -1.93. The molecule has 0 saturated carbocycles. The second-order valence-electron chi connectivity index (χ2n) is 4.41. The molecule has 0 bridgehead atoms. The highest BCUT2D eigenvalue weighted by molar-refractivity contribution is 7.89. The topological polar surface area (TPSA) is 107 Å². The Labute approximate surface area is 129 Å². The zero-order chi connectivity index (χ0) is 16.8. The van der Waals surface area contributed by atoms with Crippen LogP contribution in [0.25, 0.3) is 0 Å². The standard InChI is InChI=1S/C14H18O7S/c1-3-20-12(15)14(22(17,18)19,13(16)21-4-2)10-11-8-6-5-7-9-11/h5-9H,3-4,10H2,1-2H3,(H,17,18,19). The minimum Gasteiger partial charge on any atom is -0.464 e. The van der Waals surface area contributed by atoms with E-state index in [4.69, 9.17) is 9.47 Å². The Balaban J connectivity index is 3.44. The summed E-state index contributed by atoms with van der Waals surface area (Å²) in [6.45, 7) is 2.62. The lowest BCUT2D eigenvalue weighted by atomic mass is 9.98. The molecule has 0 aliphatic heterocycles. The lowest BCUT2D eigenvalue weighted by Gasteiger charge is -2.26. The van der Waals surface area contributed by atoms with Gasteiger partial charge in [0, 0.05) is 6.42 Å². The summed E-state index contributed by atoms with van der Waals surface area (Å²) in [5.41, 5.74) is 0.362. The van der Waals surface area contributed by atoms with Gasteiger partial charge in [-0.05, 0) is 19.4 Å². The quantitative estimate of drug-likeness (QED) is 0.451. The molecule has 7 nitrogen and oxygen atoms in total. The Morgan fingerprint density at radius 2 is 1.50 bits per heavy atom. The number of carbonyl (C=O) groups excluding carboxylic acids is 2. The summed E-state index contributed by atoms with van der Waals surface area (Å²) in [4.78, 5) is 24.3. The van der Waals surface area contributed by atoms with E-state index in [-0.39, 0.29) is 13.2 Å². The van der Waals surface area contributed by atoms with Crippen molar-refractivity contribution in [1.29, 1.82) is 0 Å². The normalized spacial score (nSPS) is 11.8. The van der Waals surface area contributed by atoms with Gasteiger partial charge in [-0.1, -0.05) is 30.3 Å². The molecule has 22 heavy (non-hydrogen) atoms. The average molecular weight is 330 g/mol. The maximum Gasteiger partial charge on any atom is 0.342 e. The summed E-state index contributed by atoms with van der Waals surface area (Å²) in [6.07, 6.45) is -0.579. The molecule has 0 aliphatic rings. The van der Waals surface area contributed by atoms with Crippen molar-refractivity contribution in [1.82, 2.24) is 0 Å². The van der Waals surface area contributed by atoms with Crippen LogP contribution in [0.2, 0.25) is 0 Å². The molecule has 0 aromatic heterocycles. The van der Waals surface area contributed by atoms with Gasteiger partial charge < -0.3 is 9.47 Å². The molecule has 0 heterocycles. The maximum absolute atomic E-state index is 12.2. The van der Waals surface area contributed by atoms with Crippen molar-refractivity contribution in [3.05, 3.63) is 35.9 Å². The third-order valence-corrected chi connectivity index (χ3v) is 4.30. The fraction of sp³-hybridized carbons (Fsp3) is 0.429. The summed E-state index contributed by atoms with van der Waals surface area (Å²) in [6, 6.07) is 7.96. The van der Waals surface area contributed by atoms with Gasteiger partial charge in [0.05, 0.1) is 13.2 Å². The van der Waals surface area contributed by atoms with Crippen molar-refractivity contribution in [3.8, 4) is 0 Å².